The second-order valence-corrected chi connectivity index (χ2v) is 5.07. The van der Waals surface area contributed by atoms with Crippen molar-refractivity contribution >= 4 is 30.1 Å². The van der Waals surface area contributed by atoms with E-state index in [4.69, 9.17) is 4.74 Å². The molecule has 0 saturated heterocycles. The Morgan fingerprint density at radius 1 is 1.38 bits per heavy atom. The zero-order chi connectivity index (χ0) is 16.0. The highest BCUT2D eigenvalue weighted by Gasteiger charge is 2.17. The van der Waals surface area contributed by atoms with Crippen LogP contribution in [-0.4, -0.2) is 39.9 Å². The van der Waals surface area contributed by atoms with Crippen LogP contribution in [0.3, 0.4) is 0 Å². The summed E-state index contributed by atoms with van der Waals surface area (Å²) in [5.41, 5.74) is 0.319. The first-order valence-corrected chi connectivity index (χ1v) is 6.29. The number of benzene rings is 1. The van der Waals surface area contributed by atoms with E-state index in [1.165, 1.54) is 25.2 Å². The van der Waals surface area contributed by atoms with Crippen LogP contribution < -0.4 is 0 Å². The van der Waals surface area contributed by atoms with E-state index in [9.17, 15) is 24.1 Å². The number of non-ortho nitro benzene ring substituents is 1. The van der Waals surface area contributed by atoms with Crippen LogP contribution in [0.2, 0.25) is 0 Å². The molecule has 1 aromatic rings. The van der Waals surface area contributed by atoms with E-state index in [2.05, 4.69) is 0 Å². The van der Waals surface area contributed by atoms with E-state index < -0.39 is 17.2 Å². The maximum atomic E-state index is 12.3. The molecule has 21 heavy (non-hydrogen) atoms. The number of rotatable bonds is 5. The second-order valence-electron chi connectivity index (χ2n) is 3.81. The van der Waals surface area contributed by atoms with Crippen LogP contribution in [0.15, 0.2) is 24.3 Å². The van der Waals surface area contributed by atoms with Crippen molar-refractivity contribution in [2.45, 2.75) is 6.61 Å². The lowest BCUT2D eigenvalue weighted by Crippen LogP contribution is -2.27. The topological polar surface area (TPSA) is 93.0 Å². The molecule has 0 atom stereocenters. The highest BCUT2D eigenvalue weighted by molar-refractivity contribution is 7.95. The van der Waals surface area contributed by atoms with E-state index in [0.717, 1.165) is 11.4 Å². The molecule has 0 aliphatic carbocycles. The number of halogens is 1. The van der Waals surface area contributed by atoms with Crippen molar-refractivity contribution in [1.82, 2.24) is 8.61 Å². The Morgan fingerprint density at radius 3 is 2.62 bits per heavy atom. The summed E-state index contributed by atoms with van der Waals surface area (Å²) >= 11 is 0.518. The molecule has 0 N–H and O–H groups in total. The number of hydrogen-bond donors (Lipinski definition) is 0. The molecule has 1 aromatic carbocycles. The van der Waals surface area contributed by atoms with Gasteiger partial charge in [-0.2, -0.15) is 0 Å². The smallest absolute Gasteiger partial charge is 0.421 e. The van der Waals surface area contributed by atoms with Gasteiger partial charge < -0.3 is 4.74 Å². The largest absolute Gasteiger partial charge is 0.444 e. The lowest BCUT2D eigenvalue weighted by molar-refractivity contribution is -0.384. The molecule has 2 amide bonds. The molecule has 8 nitrogen and oxygen atoms in total. The maximum absolute atomic E-state index is 12.3. The molecule has 0 heterocycles. The van der Waals surface area contributed by atoms with Crippen molar-refractivity contribution in [3.63, 3.8) is 0 Å². The van der Waals surface area contributed by atoms with Crippen LogP contribution in [-0.2, 0) is 11.3 Å². The summed E-state index contributed by atoms with van der Waals surface area (Å²) in [5, 5.41) is 10.6. The average molecular weight is 317 g/mol. The van der Waals surface area contributed by atoms with Gasteiger partial charge in [-0.25, -0.2) is 18.2 Å². The normalized spacial score (nSPS) is 9.86. The summed E-state index contributed by atoms with van der Waals surface area (Å²) in [5.74, 6) is 0. The molecule has 0 radical (unpaired) electrons. The van der Waals surface area contributed by atoms with Crippen LogP contribution in [0.4, 0.5) is 19.7 Å². The van der Waals surface area contributed by atoms with Crippen molar-refractivity contribution in [2.24, 2.45) is 0 Å². The highest BCUT2D eigenvalue weighted by Crippen LogP contribution is 2.17. The van der Waals surface area contributed by atoms with Gasteiger partial charge in [0, 0.05) is 26.2 Å². The second kappa shape index (κ2) is 7.43. The van der Waals surface area contributed by atoms with Gasteiger partial charge in [0.25, 0.3) is 5.69 Å². The summed E-state index contributed by atoms with van der Waals surface area (Å²) in [4.78, 5) is 32.0. The van der Waals surface area contributed by atoms with Crippen LogP contribution >= 0.6 is 12.1 Å². The third kappa shape index (κ3) is 5.26. The molecule has 0 saturated carbocycles. The Labute approximate surface area is 123 Å². The average Bonchev–Trinajstić information content (AvgIpc) is 2.44. The van der Waals surface area contributed by atoms with E-state index in [1.54, 1.807) is 6.07 Å². The number of nitro groups is 1. The zero-order valence-electron chi connectivity index (χ0n) is 11.2. The van der Waals surface area contributed by atoms with Gasteiger partial charge in [-0.15, -0.1) is 4.39 Å². The third-order valence-electron chi connectivity index (χ3n) is 2.23. The molecule has 0 aromatic heterocycles. The molecule has 0 aliphatic rings. The van der Waals surface area contributed by atoms with Crippen molar-refractivity contribution < 1.29 is 23.6 Å². The summed E-state index contributed by atoms with van der Waals surface area (Å²) in [6, 6.07) is 5.62. The summed E-state index contributed by atoms with van der Waals surface area (Å²) in [7, 11) is 2.44. The van der Waals surface area contributed by atoms with Crippen molar-refractivity contribution in [1.29, 1.82) is 0 Å². The maximum Gasteiger partial charge on any atom is 0.421 e. The fourth-order valence-corrected chi connectivity index (χ4v) is 1.80. The highest BCUT2D eigenvalue weighted by atomic mass is 32.2. The number of amides is 2. The fourth-order valence-electron chi connectivity index (χ4n) is 1.24. The lowest BCUT2D eigenvalue weighted by atomic mass is 10.2. The van der Waals surface area contributed by atoms with Gasteiger partial charge in [0.2, 0.25) is 0 Å². The minimum absolute atomic E-state index is 0.117. The Morgan fingerprint density at radius 2 is 2.05 bits per heavy atom. The van der Waals surface area contributed by atoms with Gasteiger partial charge in [0.05, 0.1) is 17.1 Å². The van der Waals surface area contributed by atoms with Gasteiger partial charge in [0.15, 0.2) is 0 Å². The summed E-state index contributed by atoms with van der Waals surface area (Å²) < 4.78 is 18.7. The third-order valence-corrected chi connectivity index (χ3v) is 3.02. The molecule has 0 bridgehead atoms. The Balaban J connectivity index is 2.54. The molecule has 114 valence electrons. The van der Waals surface area contributed by atoms with Gasteiger partial charge in [-0.3, -0.25) is 10.1 Å². The van der Waals surface area contributed by atoms with Crippen molar-refractivity contribution in [3.8, 4) is 0 Å². The first-order chi connectivity index (χ1) is 9.81. The first kappa shape index (κ1) is 16.7. The van der Waals surface area contributed by atoms with Gasteiger partial charge in [-0.1, -0.05) is 12.1 Å². The van der Waals surface area contributed by atoms with Crippen LogP contribution in [0.25, 0.3) is 0 Å². The minimum atomic E-state index is -1.71. The van der Waals surface area contributed by atoms with E-state index in [1.807, 2.05) is 0 Å². The molecule has 0 fully saturated rings. The fraction of sp³-hybridized carbons (Fsp3) is 0.273. The number of carbonyl (C=O) groups excluding carboxylic acids is 2. The van der Waals surface area contributed by atoms with Gasteiger partial charge in [0.1, 0.15) is 6.61 Å². The SMILES string of the molecule is CN(SN(C)C(=O)OCc1cccc([N+](=O)[O-])c1)C(=O)F. The van der Waals surface area contributed by atoms with E-state index >= 15 is 0 Å². The number of nitrogens with zero attached hydrogens (tertiary/aromatic N) is 3. The predicted octanol–water partition coefficient (Wildman–Crippen LogP) is 2.75. The number of nitro benzene ring substituents is 1. The molecular formula is C11H12FN3O5S. The molecular weight excluding hydrogens is 305 g/mol. The zero-order valence-corrected chi connectivity index (χ0v) is 12.0. The summed E-state index contributed by atoms with van der Waals surface area (Å²) in [6.07, 6.45) is -2.53. The lowest BCUT2D eigenvalue weighted by Gasteiger charge is -2.19. The molecule has 0 aliphatic heterocycles. The van der Waals surface area contributed by atoms with Crippen LogP contribution in [0, 0.1) is 10.1 Å². The molecule has 0 unspecified atom stereocenters. The summed E-state index contributed by atoms with van der Waals surface area (Å²) in [6.45, 7) is -0.182. The molecule has 10 heteroatoms. The van der Waals surface area contributed by atoms with Gasteiger partial charge >= 0.3 is 12.3 Å². The standard InChI is InChI=1S/C11H12FN3O5S/c1-13(10(12)16)21-14(2)11(17)20-7-8-4-3-5-9(6-8)15(18)19/h3-6H,7H2,1-2H3. The van der Waals surface area contributed by atoms with Crippen molar-refractivity contribution in [2.75, 3.05) is 14.1 Å². The minimum Gasteiger partial charge on any atom is -0.444 e. The van der Waals surface area contributed by atoms with Crippen LogP contribution in [0.5, 0.6) is 0 Å². The van der Waals surface area contributed by atoms with Crippen LogP contribution in [0.1, 0.15) is 5.56 Å². The predicted molar refractivity (Wildman–Crippen MR) is 72.9 cm³/mol. The number of ether oxygens (including phenoxy) is 1. The van der Waals surface area contributed by atoms with Gasteiger partial charge in [-0.05, 0) is 5.56 Å². The van der Waals surface area contributed by atoms with E-state index in [0.29, 0.717) is 22.0 Å². The number of carbonyl (C=O) groups is 2. The Hall–Kier alpha value is -2.36. The molecule has 0 spiro atoms. The Kier molecular flexibility index (Phi) is 5.91. The Bertz CT molecular complexity index is 556. The number of hydrogen-bond acceptors (Lipinski definition) is 6. The quantitative estimate of drug-likeness (QED) is 0.272. The van der Waals surface area contributed by atoms with E-state index in [-0.39, 0.29) is 12.3 Å². The molecule has 1 rings (SSSR count). The first-order valence-electron chi connectivity index (χ1n) is 5.56. The monoisotopic (exact) mass is 317 g/mol. The van der Waals surface area contributed by atoms with Crippen molar-refractivity contribution in [3.05, 3.63) is 39.9 Å².